The van der Waals surface area contributed by atoms with Gasteiger partial charge in [-0.05, 0) is 68.3 Å². The topological polar surface area (TPSA) is 139 Å². The summed E-state index contributed by atoms with van der Waals surface area (Å²) >= 11 is 0. The third kappa shape index (κ3) is 11.1. The van der Waals surface area contributed by atoms with Gasteiger partial charge in [0.25, 0.3) is 5.91 Å². The van der Waals surface area contributed by atoms with Crippen LogP contribution < -0.4 is 30.2 Å². The van der Waals surface area contributed by atoms with Crippen LogP contribution in [0.5, 0.6) is 23.1 Å². The number of para-hydroxylation sites is 1. The molecule has 0 radical (unpaired) electrons. The number of methoxy groups -OCH3 is 2. The number of aromatic nitrogens is 2. The first kappa shape index (κ1) is 38.9. The molecule has 14 heteroatoms. The van der Waals surface area contributed by atoms with E-state index in [1.807, 2.05) is 32.0 Å². The average Bonchev–Trinajstić information content (AvgIpc) is 3.14. The highest BCUT2D eigenvalue weighted by Crippen LogP contribution is 2.34. The van der Waals surface area contributed by atoms with Gasteiger partial charge < -0.3 is 44.7 Å². The molecule has 1 aliphatic heterocycles. The van der Waals surface area contributed by atoms with Crippen LogP contribution in [0.4, 0.5) is 21.7 Å². The molecule has 1 aliphatic rings. The van der Waals surface area contributed by atoms with E-state index < -0.39 is 11.7 Å². The number of aryl methyl sites for hydroxylation is 2. The minimum Gasteiger partial charge on any atom is -0.493 e. The van der Waals surface area contributed by atoms with Crippen molar-refractivity contribution in [2.24, 2.45) is 0 Å². The van der Waals surface area contributed by atoms with Crippen molar-refractivity contribution < 1.29 is 32.9 Å². The van der Waals surface area contributed by atoms with E-state index in [9.17, 15) is 9.59 Å². The molecular formula is C39H48FN7O6. The van der Waals surface area contributed by atoms with E-state index in [1.165, 1.54) is 19.4 Å². The molecule has 0 spiro atoms. The predicted octanol–water partition coefficient (Wildman–Crippen LogP) is 5.35. The number of ether oxygens (including phenoxy) is 4. The molecule has 282 valence electrons. The lowest BCUT2D eigenvalue weighted by molar-refractivity contribution is -0.120. The first-order valence-electron chi connectivity index (χ1n) is 17.6. The van der Waals surface area contributed by atoms with Crippen LogP contribution in [0.3, 0.4) is 0 Å². The highest BCUT2D eigenvalue weighted by Gasteiger charge is 2.21. The van der Waals surface area contributed by atoms with Crippen molar-refractivity contribution in [3.8, 4) is 23.1 Å². The van der Waals surface area contributed by atoms with E-state index >= 15 is 4.39 Å². The molecule has 13 nitrogen and oxygen atoms in total. The van der Waals surface area contributed by atoms with Gasteiger partial charge in [-0.25, -0.2) is 9.37 Å². The minimum atomic E-state index is -0.534. The Kier molecular flexibility index (Phi) is 13.9. The summed E-state index contributed by atoms with van der Waals surface area (Å²) in [6.07, 6.45) is 2.25. The molecule has 2 amide bonds. The summed E-state index contributed by atoms with van der Waals surface area (Å²) in [7, 11) is 5.16. The normalized spacial score (nSPS) is 13.3. The number of rotatable bonds is 17. The van der Waals surface area contributed by atoms with Gasteiger partial charge in [-0.15, -0.1) is 0 Å². The summed E-state index contributed by atoms with van der Waals surface area (Å²) in [5.74, 6) is -0.486. The van der Waals surface area contributed by atoms with E-state index in [0.29, 0.717) is 42.4 Å². The molecular weight excluding hydrogens is 681 g/mol. The third-order valence-electron chi connectivity index (χ3n) is 8.81. The van der Waals surface area contributed by atoms with Gasteiger partial charge in [0.15, 0.2) is 23.1 Å². The van der Waals surface area contributed by atoms with Crippen molar-refractivity contribution in [1.82, 2.24) is 25.1 Å². The van der Waals surface area contributed by atoms with E-state index in [1.54, 1.807) is 37.4 Å². The summed E-state index contributed by atoms with van der Waals surface area (Å²) in [5, 5.41) is 8.75. The number of carbonyl (C=O) groups is 2. The van der Waals surface area contributed by atoms with E-state index in [2.05, 4.69) is 42.8 Å². The lowest BCUT2D eigenvalue weighted by Crippen LogP contribution is -2.44. The number of anilines is 3. The highest BCUT2D eigenvalue weighted by molar-refractivity contribution is 6.06. The van der Waals surface area contributed by atoms with E-state index in [4.69, 9.17) is 18.9 Å². The van der Waals surface area contributed by atoms with Crippen LogP contribution in [0.1, 0.15) is 33.5 Å². The predicted molar refractivity (Wildman–Crippen MR) is 201 cm³/mol. The van der Waals surface area contributed by atoms with Crippen LogP contribution >= 0.6 is 0 Å². The molecule has 4 aromatic rings. The molecule has 1 aromatic heterocycles. The Morgan fingerprint density at radius 2 is 1.68 bits per heavy atom. The Labute approximate surface area is 309 Å². The lowest BCUT2D eigenvalue weighted by Gasteiger charge is -2.32. The molecule has 0 unspecified atom stereocenters. The van der Waals surface area contributed by atoms with Gasteiger partial charge in [-0.3, -0.25) is 9.59 Å². The van der Waals surface area contributed by atoms with E-state index in [0.717, 1.165) is 50.3 Å². The van der Waals surface area contributed by atoms with Gasteiger partial charge in [0.05, 0.1) is 26.7 Å². The fourth-order valence-corrected chi connectivity index (χ4v) is 5.77. The monoisotopic (exact) mass is 729 g/mol. The van der Waals surface area contributed by atoms with Crippen LogP contribution in [0.2, 0.25) is 0 Å². The quantitative estimate of drug-likeness (QED) is 0.121. The number of piperazine rings is 1. The van der Waals surface area contributed by atoms with Crippen molar-refractivity contribution in [2.75, 3.05) is 84.4 Å². The largest absolute Gasteiger partial charge is 0.493 e. The molecule has 3 aromatic carbocycles. The minimum absolute atomic E-state index is 0.0494. The molecule has 2 heterocycles. The van der Waals surface area contributed by atoms with Gasteiger partial charge in [0.1, 0.15) is 5.56 Å². The van der Waals surface area contributed by atoms with Gasteiger partial charge >= 0.3 is 0 Å². The van der Waals surface area contributed by atoms with Crippen molar-refractivity contribution in [3.05, 3.63) is 88.9 Å². The fourth-order valence-electron chi connectivity index (χ4n) is 5.77. The highest BCUT2D eigenvalue weighted by atomic mass is 19.1. The molecule has 5 rings (SSSR count). The maximum absolute atomic E-state index is 15.1. The summed E-state index contributed by atoms with van der Waals surface area (Å²) in [6.45, 7) is 10.0. The number of halogens is 1. The van der Waals surface area contributed by atoms with E-state index in [-0.39, 0.29) is 41.2 Å². The molecule has 53 heavy (non-hydrogen) atoms. The Morgan fingerprint density at radius 1 is 0.925 bits per heavy atom. The Morgan fingerprint density at radius 3 is 2.40 bits per heavy atom. The number of nitrogens with zero attached hydrogens (tertiary/aromatic N) is 4. The number of likely N-dealkylation sites (N-methyl/N-ethyl adjacent to an activating group) is 1. The summed E-state index contributed by atoms with van der Waals surface area (Å²) in [4.78, 5) is 39.7. The number of benzene rings is 3. The van der Waals surface area contributed by atoms with Crippen LogP contribution in [0.15, 0.2) is 60.8 Å². The van der Waals surface area contributed by atoms with Crippen LogP contribution in [-0.2, 0) is 16.0 Å². The summed E-state index contributed by atoms with van der Waals surface area (Å²) in [6, 6.07) is 15.3. The standard InChI is InChI=1S/C39H48FN7O6/c1-26-8-6-9-27(2)36(26)44-37(49)30-25-42-39(43-29-11-13-32(31(40)24-29)52-20-7-15-47-18-16-46(3)17-19-47)45-38(30)53-33-12-10-28(22-34(33)51-5)23-35(48)41-14-21-50-4/h6,8-13,22,24-25H,7,14-21,23H2,1-5H3,(H,41,48)(H,44,49)(H,42,43,45). The van der Waals surface area contributed by atoms with Gasteiger partial charge in [-0.2, -0.15) is 4.98 Å². The van der Waals surface area contributed by atoms with Gasteiger partial charge in [0, 0.05) is 70.0 Å². The zero-order valence-electron chi connectivity index (χ0n) is 31.0. The molecule has 1 saturated heterocycles. The van der Waals surface area contributed by atoms with Crippen molar-refractivity contribution in [2.45, 2.75) is 26.7 Å². The average molecular weight is 730 g/mol. The molecule has 1 fully saturated rings. The van der Waals surface area contributed by atoms with Crippen molar-refractivity contribution in [1.29, 1.82) is 0 Å². The molecule has 0 bridgehead atoms. The third-order valence-corrected chi connectivity index (χ3v) is 8.81. The fraction of sp³-hybridized carbons (Fsp3) is 0.385. The summed E-state index contributed by atoms with van der Waals surface area (Å²) < 4.78 is 37.7. The Bertz CT molecular complexity index is 1850. The van der Waals surface area contributed by atoms with Gasteiger partial charge in [-0.1, -0.05) is 24.3 Å². The second kappa shape index (κ2) is 19.0. The van der Waals surface area contributed by atoms with Crippen molar-refractivity contribution in [3.63, 3.8) is 0 Å². The van der Waals surface area contributed by atoms with Crippen LogP contribution in [-0.4, -0.2) is 105 Å². The number of amides is 2. The first-order chi connectivity index (χ1) is 25.6. The second-order valence-corrected chi connectivity index (χ2v) is 12.9. The smallest absolute Gasteiger partial charge is 0.262 e. The number of hydrogen-bond donors (Lipinski definition) is 3. The molecule has 0 saturated carbocycles. The Balaban J connectivity index is 1.32. The van der Waals surface area contributed by atoms with Gasteiger partial charge in [0.2, 0.25) is 17.7 Å². The number of nitrogens with one attached hydrogen (secondary N) is 3. The second-order valence-electron chi connectivity index (χ2n) is 12.9. The summed E-state index contributed by atoms with van der Waals surface area (Å²) in [5.41, 5.74) is 3.53. The zero-order chi connectivity index (χ0) is 37.7. The maximum atomic E-state index is 15.1. The SMILES string of the molecule is COCCNC(=O)Cc1ccc(Oc2nc(Nc3ccc(OCCCN4CCN(C)CC4)c(F)c3)ncc2C(=O)Nc2c(C)cccc2C)c(OC)c1. The molecule has 0 atom stereocenters. The number of hydrogen-bond acceptors (Lipinski definition) is 11. The van der Waals surface area contributed by atoms with Crippen LogP contribution in [0.25, 0.3) is 0 Å². The Hall–Kier alpha value is -5.31. The lowest BCUT2D eigenvalue weighted by atomic mass is 10.1. The van der Waals surface area contributed by atoms with Crippen molar-refractivity contribution >= 4 is 29.1 Å². The number of carbonyl (C=O) groups excluding carboxylic acids is 2. The first-order valence-corrected chi connectivity index (χ1v) is 17.6. The van der Waals surface area contributed by atoms with Crippen LogP contribution in [0, 0.1) is 19.7 Å². The maximum Gasteiger partial charge on any atom is 0.262 e. The zero-order valence-corrected chi connectivity index (χ0v) is 31.0. The molecule has 3 N–H and O–H groups in total. The molecule has 0 aliphatic carbocycles.